The predicted octanol–water partition coefficient (Wildman–Crippen LogP) is -1.99. The van der Waals surface area contributed by atoms with E-state index in [1.165, 1.54) is 0 Å². The highest BCUT2D eigenvalue weighted by molar-refractivity contribution is 5.84. The fraction of sp³-hybridized carbons (Fsp3) is 0.500. The Kier molecular flexibility index (Phi) is 6.45. The number of carbonyl (C=O) groups excluding carboxylic acids is 2. The van der Waals surface area contributed by atoms with Gasteiger partial charge < -0.3 is 30.3 Å². The van der Waals surface area contributed by atoms with Crippen molar-refractivity contribution in [1.82, 2.24) is 4.90 Å². The maximum atomic E-state index is 12.2. The lowest BCUT2D eigenvalue weighted by molar-refractivity contribution is -0.140. The molecule has 1 aliphatic rings. The van der Waals surface area contributed by atoms with E-state index in [0.29, 0.717) is 5.56 Å². The van der Waals surface area contributed by atoms with Gasteiger partial charge in [0.1, 0.15) is 31.5 Å². The van der Waals surface area contributed by atoms with Crippen LogP contribution in [-0.2, 0) is 16.1 Å². The first-order chi connectivity index (χ1) is 11.9. The van der Waals surface area contributed by atoms with Crippen LogP contribution >= 0.6 is 0 Å². The second-order valence-corrected chi connectivity index (χ2v) is 5.80. The molecule has 0 unspecified atom stereocenters. The van der Waals surface area contributed by atoms with Crippen molar-refractivity contribution in [2.24, 2.45) is 0 Å². The molecule has 1 saturated heterocycles. The van der Waals surface area contributed by atoms with Crippen LogP contribution in [0.2, 0.25) is 0 Å². The number of ketones is 1. The van der Waals surface area contributed by atoms with Gasteiger partial charge in [-0.1, -0.05) is 30.3 Å². The van der Waals surface area contributed by atoms with Crippen molar-refractivity contribution in [3.05, 3.63) is 35.9 Å². The minimum absolute atomic E-state index is 0.0662. The molecule has 1 amide bonds. The summed E-state index contributed by atoms with van der Waals surface area (Å²) in [6.07, 6.45) is -7.79. The third-order valence-corrected chi connectivity index (χ3v) is 4.09. The Labute approximate surface area is 143 Å². The molecule has 2 rings (SSSR count). The van der Waals surface area contributed by atoms with Crippen molar-refractivity contribution >= 4 is 11.9 Å². The summed E-state index contributed by atoms with van der Waals surface area (Å²) < 4.78 is 5.09. The van der Waals surface area contributed by atoms with Gasteiger partial charge in [-0.15, -0.1) is 0 Å². The van der Waals surface area contributed by atoms with Crippen molar-refractivity contribution in [3.8, 4) is 0 Å². The fourth-order valence-corrected chi connectivity index (χ4v) is 2.70. The molecule has 1 aliphatic heterocycles. The standard InChI is InChI=1S/C16H21NO8/c18-7-11(20)14(22)15(23)12-13(21)10(19)6-17(12)16(24)25-8-9-4-2-1-3-5-9/h1-5,10,12-15,18-19,21-23H,6-8H2/t10-,12+,13+,14-,15+/m0/s1. The van der Waals surface area contributed by atoms with Gasteiger partial charge in [-0.2, -0.15) is 0 Å². The molecule has 0 aromatic heterocycles. The summed E-state index contributed by atoms with van der Waals surface area (Å²) in [7, 11) is 0. The molecule has 5 N–H and O–H groups in total. The largest absolute Gasteiger partial charge is 0.445 e. The molecule has 1 aromatic rings. The fourth-order valence-electron chi connectivity index (χ4n) is 2.70. The van der Waals surface area contributed by atoms with Crippen LogP contribution in [0.1, 0.15) is 5.56 Å². The molecule has 9 heteroatoms. The summed E-state index contributed by atoms with van der Waals surface area (Å²) in [6, 6.07) is 7.33. The molecule has 0 radical (unpaired) electrons. The highest BCUT2D eigenvalue weighted by Crippen LogP contribution is 2.24. The molecule has 25 heavy (non-hydrogen) atoms. The molecule has 0 bridgehead atoms. The lowest BCUT2D eigenvalue weighted by Gasteiger charge is -2.31. The Morgan fingerprint density at radius 2 is 1.84 bits per heavy atom. The SMILES string of the molecule is O=C(CO)[C@H](O)[C@H](O)[C@H]1[C@H](O)[C@@H](O)CN1C(=O)OCc1ccccc1. The number of β-amino-alcohol motifs (C(OH)–C–C–N with tert-alkyl or cyclic N) is 1. The minimum Gasteiger partial charge on any atom is -0.445 e. The van der Waals surface area contributed by atoms with E-state index < -0.39 is 48.9 Å². The third kappa shape index (κ3) is 4.33. The molecule has 0 saturated carbocycles. The molecule has 0 spiro atoms. The zero-order chi connectivity index (χ0) is 18.6. The van der Waals surface area contributed by atoms with E-state index >= 15 is 0 Å². The first-order valence-electron chi connectivity index (χ1n) is 7.70. The molecule has 1 aromatic carbocycles. The van der Waals surface area contributed by atoms with Gasteiger partial charge in [0.25, 0.3) is 0 Å². The van der Waals surface area contributed by atoms with E-state index in [9.17, 15) is 30.0 Å². The van der Waals surface area contributed by atoms with Crippen LogP contribution in [0.15, 0.2) is 30.3 Å². The Balaban J connectivity index is 2.08. The number of carbonyl (C=O) groups is 2. The van der Waals surface area contributed by atoms with Crippen molar-refractivity contribution in [3.63, 3.8) is 0 Å². The van der Waals surface area contributed by atoms with Gasteiger partial charge in [-0.25, -0.2) is 4.79 Å². The molecule has 1 heterocycles. The number of Topliss-reactive ketones (excluding diaryl/α,β-unsaturated/α-hetero) is 1. The van der Waals surface area contributed by atoms with Crippen LogP contribution in [-0.4, -0.2) is 85.9 Å². The average molecular weight is 355 g/mol. The smallest absolute Gasteiger partial charge is 0.410 e. The topological polar surface area (TPSA) is 148 Å². The molecule has 0 aliphatic carbocycles. The number of hydrogen-bond acceptors (Lipinski definition) is 8. The number of aliphatic hydroxyl groups is 5. The minimum atomic E-state index is -2.01. The Morgan fingerprint density at radius 3 is 2.44 bits per heavy atom. The first kappa shape index (κ1) is 19.3. The molecule has 138 valence electrons. The van der Waals surface area contributed by atoms with Crippen LogP contribution in [0.5, 0.6) is 0 Å². The monoisotopic (exact) mass is 355 g/mol. The number of amides is 1. The van der Waals surface area contributed by atoms with Gasteiger partial charge in [0.05, 0.1) is 18.7 Å². The second kappa shape index (κ2) is 8.37. The number of nitrogens with zero attached hydrogens (tertiary/aromatic N) is 1. The maximum Gasteiger partial charge on any atom is 0.410 e. The van der Waals surface area contributed by atoms with Gasteiger partial charge in [0, 0.05) is 0 Å². The van der Waals surface area contributed by atoms with Gasteiger partial charge in [-0.05, 0) is 5.56 Å². The van der Waals surface area contributed by atoms with Crippen LogP contribution in [0.4, 0.5) is 4.79 Å². The summed E-state index contributed by atoms with van der Waals surface area (Å²) in [6.45, 7) is -1.41. The number of aliphatic hydroxyl groups excluding tert-OH is 5. The zero-order valence-electron chi connectivity index (χ0n) is 13.3. The highest BCUT2D eigenvalue weighted by atomic mass is 16.6. The number of ether oxygens (including phenoxy) is 1. The summed E-state index contributed by atoms with van der Waals surface area (Å²) >= 11 is 0. The summed E-state index contributed by atoms with van der Waals surface area (Å²) in [5.41, 5.74) is 0.712. The predicted molar refractivity (Wildman–Crippen MR) is 83.2 cm³/mol. The molecule has 9 nitrogen and oxygen atoms in total. The molecule has 5 atom stereocenters. The number of likely N-dealkylation sites (tertiary alicyclic amines) is 1. The number of rotatable bonds is 6. The van der Waals surface area contributed by atoms with E-state index in [1.807, 2.05) is 0 Å². The van der Waals surface area contributed by atoms with Crippen molar-refractivity contribution in [2.75, 3.05) is 13.2 Å². The van der Waals surface area contributed by atoms with Gasteiger partial charge in [0.15, 0.2) is 5.78 Å². The van der Waals surface area contributed by atoms with Gasteiger partial charge >= 0.3 is 6.09 Å². The van der Waals surface area contributed by atoms with E-state index in [4.69, 9.17) is 9.84 Å². The van der Waals surface area contributed by atoms with E-state index in [0.717, 1.165) is 4.90 Å². The molecular weight excluding hydrogens is 334 g/mol. The third-order valence-electron chi connectivity index (χ3n) is 4.09. The summed E-state index contributed by atoms with van der Waals surface area (Å²) in [4.78, 5) is 24.4. The maximum absolute atomic E-state index is 12.2. The second-order valence-electron chi connectivity index (χ2n) is 5.80. The Bertz CT molecular complexity index is 595. The highest BCUT2D eigenvalue weighted by Gasteiger charge is 2.49. The van der Waals surface area contributed by atoms with Crippen LogP contribution < -0.4 is 0 Å². The van der Waals surface area contributed by atoms with E-state index in [2.05, 4.69) is 0 Å². The average Bonchev–Trinajstić information content (AvgIpc) is 2.93. The normalized spacial score (nSPS) is 25.5. The number of benzene rings is 1. The summed E-state index contributed by atoms with van der Waals surface area (Å²) in [5, 5.41) is 48.4. The van der Waals surface area contributed by atoms with Crippen LogP contribution in [0.3, 0.4) is 0 Å². The Morgan fingerprint density at radius 1 is 1.20 bits per heavy atom. The molecule has 1 fully saturated rings. The molecular formula is C16H21NO8. The van der Waals surface area contributed by atoms with E-state index in [1.54, 1.807) is 30.3 Å². The van der Waals surface area contributed by atoms with Crippen molar-refractivity contribution in [2.45, 2.75) is 37.1 Å². The number of hydrogen-bond donors (Lipinski definition) is 5. The Hall–Kier alpha value is -2.04. The van der Waals surface area contributed by atoms with Gasteiger partial charge in [0.2, 0.25) is 0 Å². The lowest BCUT2D eigenvalue weighted by Crippen LogP contribution is -2.54. The summed E-state index contributed by atoms with van der Waals surface area (Å²) in [5.74, 6) is -1.07. The van der Waals surface area contributed by atoms with Crippen molar-refractivity contribution < 1.29 is 39.9 Å². The first-order valence-corrected chi connectivity index (χ1v) is 7.70. The van der Waals surface area contributed by atoms with Gasteiger partial charge in [-0.3, -0.25) is 9.69 Å². The van der Waals surface area contributed by atoms with Crippen molar-refractivity contribution in [1.29, 1.82) is 0 Å². The van der Waals surface area contributed by atoms with Crippen LogP contribution in [0, 0.1) is 0 Å². The van der Waals surface area contributed by atoms with Crippen LogP contribution in [0.25, 0.3) is 0 Å². The quantitative estimate of drug-likeness (QED) is 0.394. The lowest BCUT2D eigenvalue weighted by atomic mass is 9.98. The zero-order valence-corrected chi connectivity index (χ0v) is 13.3. The van der Waals surface area contributed by atoms with E-state index in [-0.39, 0.29) is 13.2 Å².